The molecule has 136 valence electrons. The number of nitrogens with one attached hydrogen (secondary N) is 1. The minimum Gasteiger partial charge on any atom is -0.380 e. The molecule has 1 N–H and O–H groups in total. The molecule has 0 aliphatic carbocycles. The fourth-order valence-electron chi connectivity index (χ4n) is 2.52. The molecule has 1 aliphatic rings. The van der Waals surface area contributed by atoms with Crippen molar-refractivity contribution in [3.05, 3.63) is 18.3 Å². The summed E-state index contributed by atoms with van der Waals surface area (Å²) in [6.07, 6.45) is -2.19. The van der Waals surface area contributed by atoms with Crippen molar-refractivity contribution in [1.29, 1.82) is 0 Å². The SMILES string of the molecule is CC(C)(C)S(=O)(=O)c1ccc(NC2CCN(CC(F)(F)F)C2)cn1. The molecule has 0 amide bonds. The summed E-state index contributed by atoms with van der Waals surface area (Å²) in [7, 11) is -3.52. The second-order valence-corrected chi connectivity index (χ2v) is 9.63. The number of rotatable bonds is 4. The van der Waals surface area contributed by atoms with Crippen molar-refractivity contribution in [2.75, 3.05) is 25.0 Å². The van der Waals surface area contributed by atoms with Crippen molar-refractivity contribution >= 4 is 15.5 Å². The fourth-order valence-corrected chi connectivity index (χ4v) is 3.59. The number of hydrogen-bond acceptors (Lipinski definition) is 5. The zero-order chi connectivity index (χ0) is 18.2. The predicted molar refractivity (Wildman–Crippen MR) is 85.7 cm³/mol. The van der Waals surface area contributed by atoms with Crippen molar-refractivity contribution in [1.82, 2.24) is 9.88 Å². The monoisotopic (exact) mass is 365 g/mol. The molecule has 24 heavy (non-hydrogen) atoms. The van der Waals surface area contributed by atoms with Gasteiger partial charge in [-0.25, -0.2) is 13.4 Å². The first-order valence-electron chi connectivity index (χ1n) is 7.65. The third-order valence-corrected chi connectivity index (χ3v) is 6.27. The Morgan fingerprint density at radius 3 is 2.46 bits per heavy atom. The van der Waals surface area contributed by atoms with Crippen LogP contribution in [0.3, 0.4) is 0 Å². The summed E-state index contributed by atoms with van der Waals surface area (Å²) in [5.41, 5.74) is 0.599. The Morgan fingerprint density at radius 2 is 1.96 bits per heavy atom. The zero-order valence-corrected chi connectivity index (χ0v) is 14.7. The number of hydrogen-bond donors (Lipinski definition) is 1. The fraction of sp³-hybridized carbons (Fsp3) is 0.667. The van der Waals surface area contributed by atoms with E-state index in [0.717, 1.165) is 0 Å². The summed E-state index contributed by atoms with van der Waals surface area (Å²) in [5.74, 6) is 0. The van der Waals surface area contributed by atoms with Crippen molar-refractivity contribution in [2.24, 2.45) is 0 Å². The molecule has 5 nitrogen and oxygen atoms in total. The molecule has 9 heteroatoms. The topological polar surface area (TPSA) is 62.3 Å². The minimum atomic E-state index is -4.20. The normalized spacial score (nSPS) is 20.3. The van der Waals surface area contributed by atoms with Gasteiger partial charge in [-0.15, -0.1) is 0 Å². The van der Waals surface area contributed by atoms with Crippen LogP contribution in [0, 0.1) is 0 Å². The maximum Gasteiger partial charge on any atom is 0.401 e. The van der Waals surface area contributed by atoms with Gasteiger partial charge in [0.2, 0.25) is 0 Å². The first kappa shape index (κ1) is 19.0. The van der Waals surface area contributed by atoms with Crippen molar-refractivity contribution in [2.45, 2.75) is 49.2 Å². The van der Waals surface area contributed by atoms with Gasteiger partial charge >= 0.3 is 6.18 Å². The van der Waals surface area contributed by atoms with Crippen LogP contribution in [0.25, 0.3) is 0 Å². The van der Waals surface area contributed by atoms with Gasteiger partial charge in [0.1, 0.15) is 0 Å². The molecule has 1 aromatic rings. The van der Waals surface area contributed by atoms with Gasteiger partial charge in [0.25, 0.3) is 0 Å². The summed E-state index contributed by atoms with van der Waals surface area (Å²) in [6.45, 7) is 4.56. The van der Waals surface area contributed by atoms with Gasteiger partial charge < -0.3 is 5.32 Å². The van der Waals surface area contributed by atoms with E-state index in [2.05, 4.69) is 10.3 Å². The van der Waals surface area contributed by atoms with E-state index in [4.69, 9.17) is 0 Å². The summed E-state index contributed by atoms with van der Waals surface area (Å²) in [6, 6.07) is 2.91. The average Bonchev–Trinajstić information content (AvgIpc) is 2.83. The standard InChI is InChI=1S/C15H22F3N3O2S/c1-14(2,3)24(22,23)13-5-4-11(8-19-13)20-12-6-7-21(9-12)10-15(16,17)18/h4-5,8,12,20H,6-7,9-10H2,1-3H3. The number of alkyl halides is 3. The number of pyridine rings is 1. The predicted octanol–water partition coefficient (Wildman–Crippen LogP) is 2.70. The van der Waals surface area contributed by atoms with Crippen LogP contribution in [-0.2, 0) is 9.84 Å². The lowest BCUT2D eigenvalue weighted by molar-refractivity contribution is -0.143. The molecular weight excluding hydrogens is 343 g/mol. The Balaban J connectivity index is 1.99. The van der Waals surface area contributed by atoms with Gasteiger partial charge in [-0.2, -0.15) is 13.2 Å². The highest BCUT2D eigenvalue weighted by molar-refractivity contribution is 7.92. The van der Waals surface area contributed by atoms with Crippen LogP contribution < -0.4 is 5.32 Å². The van der Waals surface area contributed by atoms with E-state index < -0.39 is 27.3 Å². The highest BCUT2D eigenvalue weighted by atomic mass is 32.2. The van der Waals surface area contributed by atoms with E-state index in [1.807, 2.05) is 0 Å². The lowest BCUT2D eigenvalue weighted by atomic mass is 10.2. The average molecular weight is 365 g/mol. The Kier molecular flexibility index (Phi) is 5.15. The van der Waals surface area contributed by atoms with Crippen molar-refractivity contribution in [3.63, 3.8) is 0 Å². The Morgan fingerprint density at radius 1 is 1.29 bits per heavy atom. The lowest BCUT2D eigenvalue weighted by Crippen LogP contribution is -2.34. The molecule has 1 fully saturated rings. The minimum absolute atomic E-state index is 0.00864. The summed E-state index contributed by atoms with van der Waals surface area (Å²) < 4.78 is 60.8. The Labute approximate surface area is 140 Å². The lowest BCUT2D eigenvalue weighted by Gasteiger charge is -2.20. The van der Waals surface area contributed by atoms with E-state index in [0.29, 0.717) is 25.2 Å². The number of aromatic nitrogens is 1. The molecule has 1 saturated heterocycles. The Bertz CT molecular complexity index is 667. The van der Waals surface area contributed by atoms with Crippen LogP contribution >= 0.6 is 0 Å². The molecular formula is C15H22F3N3O2S. The maximum absolute atomic E-state index is 12.4. The van der Waals surface area contributed by atoms with Crippen molar-refractivity contribution < 1.29 is 21.6 Å². The van der Waals surface area contributed by atoms with E-state index in [-0.39, 0.29) is 11.1 Å². The third kappa shape index (κ3) is 4.60. The molecule has 1 unspecified atom stereocenters. The number of anilines is 1. The van der Waals surface area contributed by atoms with Crippen LogP contribution in [-0.4, -0.2) is 54.9 Å². The molecule has 1 aliphatic heterocycles. The highest BCUT2D eigenvalue weighted by Gasteiger charge is 2.34. The van der Waals surface area contributed by atoms with Crippen LogP contribution in [0.15, 0.2) is 23.4 Å². The van der Waals surface area contributed by atoms with Gasteiger partial charge in [0.15, 0.2) is 14.9 Å². The molecule has 2 rings (SSSR count). The van der Waals surface area contributed by atoms with E-state index in [1.165, 1.54) is 17.2 Å². The Hall–Kier alpha value is -1.35. The van der Waals surface area contributed by atoms with Gasteiger partial charge in [-0.05, 0) is 39.3 Å². The molecule has 1 aromatic heterocycles. The summed E-state index contributed by atoms with van der Waals surface area (Å²) in [4.78, 5) is 5.34. The van der Waals surface area contributed by atoms with Gasteiger partial charge in [0, 0.05) is 19.1 Å². The molecule has 0 spiro atoms. The number of halogens is 3. The van der Waals surface area contributed by atoms with E-state index >= 15 is 0 Å². The zero-order valence-electron chi connectivity index (χ0n) is 13.9. The van der Waals surface area contributed by atoms with E-state index in [9.17, 15) is 21.6 Å². The largest absolute Gasteiger partial charge is 0.401 e. The molecule has 0 saturated carbocycles. The van der Waals surface area contributed by atoms with Crippen LogP contribution in [0.5, 0.6) is 0 Å². The first-order chi connectivity index (χ1) is 10.9. The second kappa shape index (κ2) is 6.51. The quantitative estimate of drug-likeness (QED) is 0.889. The van der Waals surface area contributed by atoms with E-state index in [1.54, 1.807) is 26.8 Å². The van der Waals surface area contributed by atoms with Crippen molar-refractivity contribution in [3.8, 4) is 0 Å². The maximum atomic E-state index is 12.4. The number of sulfone groups is 1. The van der Waals surface area contributed by atoms with Crippen LogP contribution in [0.2, 0.25) is 0 Å². The second-order valence-electron chi connectivity index (χ2n) is 6.98. The molecule has 0 aromatic carbocycles. The van der Waals surface area contributed by atoms with Gasteiger partial charge in [-0.3, -0.25) is 4.90 Å². The molecule has 1 atom stereocenters. The molecule has 0 radical (unpaired) electrons. The summed E-state index contributed by atoms with van der Waals surface area (Å²) in [5, 5.41) is 3.10. The summed E-state index contributed by atoms with van der Waals surface area (Å²) >= 11 is 0. The third-order valence-electron chi connectivity index (χ3n) is 3.86. The molecule has 2 heterocycles. The smallest absolute Gasteiger partial charge is 0.380 e. The first-order valence-corrected chi connectivity index (χ1v) is 9.13. The van der Waals surface area contributed by atoms with Crippen LogP contribution in [0.1, 0.15) is 27.2 Å². The van der Waals surface area contributed by atoms with Gasteiger partial charge in [0.05, 0.1) is 23.2 Å². The number of likely N-dealkylation sites (tertiary alicyclic amines) is 1. The van der Waals surface area contributed by atoms with Gasteiger partial charge in [-0.1, -0.05) is 0 Å². The number of nitrogens with zero attached hydrogens (tertiary/aromatic N) is 2. The molecule has 0 bridgehead atoms. The highest BCUT2D eigenvalue weighted by Crippen LogP contribution is 2.25. The van der Waals surface area contributed by atoms with Crippen LogP contribution in [0.4, 0.5) is 18.9 Å².